The molecule has 0 saturated carbocycles. The summed E-state index contributed by atoms with van der Waals surface area (Å²) >= 11 is 0. The number of hydrogen-bond acceptors (Lipinski definition) is 7. The Hall–Kier alpha value is -3.00. The summed E-state index contributed by atoms with van der Waals surface area (Å²) in [7, 11) is -5.58. The number of nitrogens with zero attached hydrogens (tertiary/aromatic N) is 1. The van der Waals surface area contributed by atoms with Crippen LogP contribution in [0.4, 0.5) is 9.18 Å². The topological polar surface area (TPSA) is 123 Å². The van der Waals surface area contributed by atoms with Gasteiger partial charge in [0.15, 0.2) is 0 Å². The van der Waals surface area contributed by atoms with Crippen LogP contribution in [0.1, 0.15) is 32.3 Å². The number of carbonyl (C=O) groups is 2. The molecule has 2 atom stereocenters. The number of alkyl carbamates (subject to hydrolysis) is 1. The molecule has 10 nitrogen and oxygen atoms in total. The van der Waals surface area contributed by atoms with E-state index in [1.165, 1.54) is 36.4 Å². The van der Waals surface area contributed by atoms with Gasteiger partial charge in [-0.05, 0) is 74.7 Å². The molecule has 1 heterocycles. The van der Waals surface area contributed by atoms with Gasteiger partial charge < -0.3 is 14.8 Å². The minimum absolute atomic E-state index is 0.0329. The van der Waals surface area contributed by atoms with Crippen LogP contribution in [0, 0.1) is 5.82 Å². The van der Waals surface area contributed by atoms with E-state index in [-0.39, 0.29) is 30.0 Å². The van der Waals surface area contributed by atoms with Crippen molar-refractivity contribution in [1.82, 2.24) is 15.1 Å². The second-order valence-electron chi connectivity index (χ2n) is 11.4. The fourth-order valence-electron chi connectivity index (χ4n) is 4.23. The lowest BCUT2D eigenvalue weighted by Gasteiger charge is -2.39. The number of hydrogen-bond donors (Lipinski definition) is 2. The summed E-state index contributed by atoms with van der Waals surface area (Å²) in [5.41, 5.74) is 3.17. The molecule has 1 fully saturated rings. The monoisotopic (exact) mass is 609 g/mol. The maximum atomic E-state index is 13.8. The lowest BCUT2D eigenvalue weighted by atomic mass is 9.98. The van der Waals surface area contributed by atoms with Gasteiger partial charge in [-0.15, -0.1) is 0 Å². The van der Waals surface area contributed by atoms with Gasteiger partial charge in [0.1, 0.15) is 24.2 Å². The van der Waals surface area contributed by atoms with Crippen LogP contribution in [0.25, 0.3) is 0 Å². The number of amides is 2. The van der Waals surface area contributed by atoms with Crippen LogP contribution in [0.15, 0.2) is 53.4 Å². The second-order valence-corrected chi connectivity index (χ2v) is 18.9. The molecule has 2 aromatic rings. The van der Waals surface area contributed by atoms with Crippen LogP contribution < -0.4 is 15.5 Å². The maximum Gasteiger partial charge on any atom is 0.407 e. The number of carbonyl (C=O) groups excluding carboxylic acids is 2. The SMILES string of the molecule is CC(C)OC(=O)N[C@H]1CCCN(S(=O)(=O)c2ccc(OCc3ccc(F)cc3)cc2)[C@H]1C(=O)NOCC[Si](C)(C)C. The highest BCUT2D eigenvalue weighted by Crippen LogP contribution is 2.28. The van der Waals surface area contributed by atoms with Crippen LogP contribution in [-0.4, -0.2) is 64.1 Å². The first-order valence-electron chi connectivity index (χ1n) is 13.6. The van der Waals surface area contributed by atoms with Gasteiger partial charge in [-0.1, -0.05) is 31.8 Å². The summed E-state index contributed by atoms with van der Waals surface area (Å²) in [6.07, 6.45) is -0.323. The molecule has 1 aliphatic rings. The van der Waals surface area contributed by atoms with Crippen LogP contribution in [0.3, 0.4) is 0 Å². The molecule has 13 heteroatoms. The average Bonchev–Trinajstić information content (AvgIpc) is 2.90. The third-order valence-electron chi connectivity index (χ3n) is 6.38. The number of ether oxygens (including phenoxy) is 2. The van der Waals surface area contributed by atoms with Crippen molar-refractivity contribution in [2.45, 2.75) is 82.1 Å². The Morgan fingerprint density at radius 3 is 2.34 bits per heavy atom. The zero-order valence-corrected chi connectivity index (χ0v) is 26.0. The molecule has 2 N–H and O–H groups in total. The number of piperidine rings is 1. The predicted octanol–water partition coefficient (Wildman–Crippen LogP) is 4.45. The molecule has 2 aromatic carbocycles. The fraction of sp³-hybridized carbons (Fsp3) is 0.500. The minimum atomic E-state index is -4.16. The molecule has 226 valence electrons. The molecular formula is C28H40FN3O7SSi. The van der Waals surface area contributed by atoms with E-state index in [1.54, 1.807) is 26.0 Å². The summed E-state index contributed by atoms with van der Waals surface area (Å²) in [5, 5.41) is 2.67. The standard InChI is InChI=1S/C28H40FN3O7SSi/c1-20(2)39-28(34)30-25-7-6-16-32(26(25)27(33)31-38-17-18-41(3,4)5)40(35,36)24-14-12-23(13-15-24)37-19-21-8-10-22(29)11-9-21/h8-15,20,25-26H,6-7,16-19H2,1-5H3,(H,30,34)(H,31,33)/t25-,26+/m0/s1. The molecule has 0 bridgehead atoms. The van der Waals surface area contributed by atoms with Crippen molar-refractivity contribution in [2.24, 2.45) is 0 Å². The summed E-state index contributed by atoms with van der Waals surface area (Å²) in [6.45, 7) is 10.5. The molecule has 0 aliphatic carbocycles. The third kappa shape index (κ3) is 9.80. The molecule has 1 aliphatic heterocycles. The normalized spacial score (nSPS) is 18.1. The number of hydroxylamine groups is 1. The third-order valence-corrected chi connectivity index (χ3v) is 9.97. The Labute approximate surface area is 242 Å². The Balaban J connectivity index is 1.78. The van der Waals surface area contributed by atoms with Crippen molar-refractivity contribution in [3.8, 4) is 5.75 Å². The fourth-order valence-corrected chi connectivity index (χ4v) is 6.61. The molecular weight excluding hydrogens is 569 g/mol. The summed E-state index contributed by atoms with van der Waals surface area (Å²) in [6, 6.07) is 10.4. The van der Waals surface area contributed by atoms with E-state index in [4.69, 9.17) is 14.3 Å². The van der Waals surface area contributed by atoms with E-state index >= 15 is 0 Å². The Morgan fingerprint density at radius 1 is 1.07 bits per heavy atom. The van der Waals surface area contributed by atoms with Crippen LogP contribution >= 0.6 is 0 Å². The highest BCUT2D eigenvalue weighted by Gasteiger charge is 2.44. The average molecular weight is 610 g/mol. The van der Waals surface area contributed by atoms with Gasteiger partial charge >= 0.3 is 6.09 Å². The predicted molar refractivity (Wildman–Crippen MR) is 155 cm³/mol. The Bertz CT molecular complexity index is 1270. The molecule has 0 unspecified atom stereocenters. The summed E-state index contributed by atoms with van der Waals surface area (Å²) in [4.78, 5) is 31.2. The smallest absolute Gasteiger partial charge is 0.407 e. The highest BCUT2D eigenvalue weighted by molar-refractivity contribution is 7.89. The van der Waals surface area contributed by atoms with Gasteiger partial charge in [0.25, 0.3) is 5.91 Å². The number of rotatable bonds is 12. The van der Waals surface area contributed by atoms with Crippen LogP contribution in [0.5, 0.6) is 5.75 Å². The van der Waals surface area contributed by atoms with Gasteiger partial charge in [-0.25, -0.2) is 23.1 Å². The van der Waals surface area contributed by atoms with E-state index in [2.05, 4.69) is 30.4 Å². The van der Waals surface area contributed by atoms with Gasteiger partial charge in [0, 0.05) is 14.6 Å². The van der Waals surface area contributed by atoms with E-state index in [1.807, 2.05) is 0 Å². The van der Waals surface area contributed by atoms with Crippen LogP contribution in [-0.2, 0) is 31.0 Å². The van der Waals surface area contributed by atoms with Gasteiger partial charge in [0.2, 0.25) is 10.0 Å². The van der Waals surface area contributed by atoms with E-state index in [0.717, 1.165) is 15.9 Å². The van der Waals surface area contributed by atoms with Crippen molar-refractivity contribution in [3.05, 3.63) is 59.9 Å². The molecule has 0 spiro atoms. The highest BCUT2D eigenvalue weighted by atomic mass is 32.2. The first kappa shape index (κ1) is 32.5. The molecule has 0 aromatic heterocycles. The van der Waals surface area contributed by atoms with Crippen molar-refractivity contribution in [1.29, 1.82) is 0 Å². The lowest BCUT2D eigenvalue weighted by Crippen LogP contribution is -2.62. The zero-order valence-electron chi connectivity index (χ0n) is 24.2. The van der Waals surface area contributed by atoms with E-state index < -0.39 is 42.2 Å². The number of benzene rings is 2. The van der Waals surface area contributed by atoms with Crippen molar-refractivity contribution < 1.29 is 36.7 Å². The van der Waals surface area contributed by atoms with E-state index in [0.29, 0.717) is 25.2 Å². The molecule has 2 amide bonds. The molecule has 0 radical (unpaired) electrons. The second kappa shape index (κ2) is 14.3. The van der Waals surface area contributed by atoms with Crippen molar-refractivity contribution >= 4 is 30.1 Å². The maximum absolute atomic E-state index is 13.8. The van der Waals surface area contributed by atoms with Crippen molar-refractivity contribution in [2.75, 3.05) is 13.2 Å². The lowest BCUT2D eigenvalue weighted by molar-refractivity contribution is -0.138. The van der Waals surface area contributed by atoms with E-state index in [9.17, 15) is 22.4 Å². The first-order valence-corrected chi connectivity index (χ1v) is 18.8. The molecule has 3 rings (SSSR count). The minimum Gasteiger partial charge on any atom is -0.489 e. The Kier molecular flexibility index (Phi) is 11.3. The number of halogens is 1. The molecule has 1 saturated heterocycles. The quantitative estimate of drug-likeness (QED) is 0.207. The largest absolute Gasteiger partial charge is 0.489 e. The van der Waals surface area contributed by atoms with Gasteiger partial charge in [0.05, 0.1) is 23.6 Å². The zero-order chi connectivity index (χ0) is 30.2. The Morgan fingerprint density at radius 2 is 1.73 bits per heavy atom. The van der Waals surface area contributed by atoms with Gasteiger partial charge in [-0.2, -0.15) is 4.31 Å². The molecule has 41 heavy (non-hydrogen) atoms. The number of nitrogens with one attached hydrogen (secondary N) is 2. The van der Waals surface area contributed by atoms with Crippen LogP contribution in [0.2, 0.25) is 25.7 Å². The summed E-state index contributed by atoms with van der Waals surface area (Å²) < 4.78 is 52.7. The summed E-state index contributed by atoms with van der Waals surface area (Å²) in [5.74, 6) is -0.591. The first-order chi connectivity index (χ1) is 19.3. The number of sulfonamides is 1. The van der Waals surface area contributed by atoms with Crippen molar-refractivity contribution in [3.63, 3.8) is 0 Å². The van der Waals surface area contributed by atoms with Gasteiger partial charge in [-0.3, -0.25) is 9.63 Å².